The summed E-state index contributed by atoms with van der Waals surface area (Å²) >= 11 is 0. The van der Waals surface area contributed by atoms with Crippen molar-refractivity contribution in [3.8, 4) is 5.75 Å². The lowest BCUT2D eigenvalue weighted by Crippen LogP contribution is -2.42. The van der Waals surface area contributed by atoms with E-state index in [0.717, 1.165) is 37.4 Å². The molecule has 0 aliphatic carbocycles. The first-order chi connectivity index (χ1) is 10.7. The molecule has 122 valence electrons. The number of methoxy groups -OCH3 is 1. The molecule has 22 heavy (non-hydrogen) atoms. The lowest BCUT2D eigenvalue weighted by atomic mass is 10.1. The van der Waals surface area contributed by atoms with Gasteiger partial charge in [-0.3, -0.25) is 4.79 Å². The molecule has 1 aromatic carbocycles. The summed E-state index contributed by atoms with van der Waals surface area (Å²) in [6.07, 6.45) is 1.35. The number of nitrogens with zero attached hydrogens (tertiary/aromatic N) is 1. The molecule has 1 aliphatic rings. The van der Waals surface area contributed by atoms with Crippen molar-refractivity contribution in [1.29, 1.82) is 0 Å². The molecule has 1 N–H and O–H groups in total. The lowest BCUT2D eigenvalue weighted by Gasteiger charge is -2.28. The van der Waals surface area contributed by atoms with E-state index >= 15 is 0 Å². The number of morpholine rings is 1. The normalized spacial score (nSPS) is 18.0. The minimum atomic E-state index is -0.0155. The number of amides is 1. The maximum atomic E-state index is 12.6. The largest absolute Gasteiger partial charge is 0.496 e. The summed E-state index contributed by atoms with van der Waals surface area (Å²) in [5.41, 5.74) is 1.04. The first kappa shape index (κ1) is 16.8. The van der Waals surface area contributed by atoms with Gasteiger partial charge in [0.1, 0.15) is 5.75 Å². The van der Waals surface area contributed by atoms with Gasteiger partial charge in [-0.05, 0) is 12.5 Å². The monoisotopic (exact) mass is 306 g/mol. The molecule has 0 bridgehead atoms. The minimum absolute atomic E-state index is 0.0155. The number of carbonyl (C=O) groups excluding carboxylic acids is 1. The van der Waals surface area contributed by atoms with Gasteiger partial charge < -0.3 is 19.7 Å². The van der Waals surface area contributed by atoms with Crippen LogP contribution in [0.3, 0.4) is 0 Å². The number of ether oxygens (including phenoxy) is 2. The summed E-state index contributed by atoms with van der Waals surface area (Å²) in [6, 6.07) is 7.85. The average molecular weight is 306 g/mol. The second-order valence-electron chi connectivity index (χ2n) is 5.53. The Labute approximate surface area is 132 Å². The second-order valence-corrected chi connectivity index (χ2v) is 5.53. The summed E-state index contributed by atoms with van der Waals surface area (Å²) in [6.45, 7) is 5.71. The highest BCUT2D eigenvalue weighted by atomic mass is 16.5. The SMILES string of the molecule is CCCN(Cc1ccccc1OC)C(=O)CC1CNCCO1. The molecule has 2 rings (SSSR count). The zero-order chi connectivity index (χ0) is 15.8. The highest BCUT2D eigenvalue weighted by Crippen LogP contribution is 2.20. The van der Waals surface area contributed by atoms with Crippen LogP contribution in [0.4, 0.5) is 0 Å². The van der Waals surface area contributed by atoms with Crippen LogP contribution in [0.25, 0.3) is 0 Å². The summed E-state index contributed by atoms with van der Waals surface area (Å²) in [7, 11) is 1.66. The highest BCUT2D eigenvalue weighted by molar-refractivity contribution is 5.76. The zero-order valence-corrected chi connectivity index (χ0v) is 13.5. The van der Waals surface area contributed by atoms with E-state index < -0.39 is 0 Å². The molecule has 0 aromatic heterocycles. The van der Waals surface area contributed by atoms with Crippen molar-refractivity contribution < 1.29 is 14.3 Å². The number of benzene rings is 1. The molecular formula is C17H26N2O3. The van der Waals surface area contributed by atoms with Gasteiger partial charge in [-0.25, -0.2) is 0 Å². The molecule has 1 aromatic rings. The molecule has 1 atom stereocenters. The number of rotatable bonds is 7. The maximum Gasteiger partial charge on any atom is 0.225 e. The summed E-state index contributed by atoms with van der Waals surface area (Å²) < 4.78 is 11.0. The van der Waals surface area contributed by atoms with E-state index in [1.54, 1.807) is 7.11 Å². The summed E-state index contributed by atoms with van der Waals surface area (Å²) in [4.78, 5) is 14.5. The maximum absolute atomic E-state index is 12.6. The van der Waals surface area contributed by atoms with Crippen LogP contribution in [0, 0.1) is 0 Å². The smallest absolute Gasteiger partial charge is 0.225 e. The van der Waals surface area contributed by atoms with Crippen LogP contribution in [0.1, 0.15) is 25.3 Å². The predicted molar refractivity (Wildman–Crippen MR) is 85.9 cm³/mol. The first-order valence-corrected chi connectivity index (χ1v) is 7.96. The fourth-order valence-electron chi connectivity index (χ4n) is 2.68. The highest BCUT2D eigenvalue weighted by Gasteiger charge is 2.22. The fourth-order valence-corrected chi connectivity index (χ4v) is 2.68. The number of para-hydroxylation sites is 1. The molecular weight excluding hydrogens is 280 g/mol. The molecule has 1 aliphatic heterocycles. The summed E-state index contributed by atoms with van der Waals surface area (Å²) in [5.74, 6) is 0.966. The van der Waals surface area contributed by atoms with E-state index in [1.165, 1.54) is 0 Å². The van der Waals surface area contributed by atoms with Crippen molar-refractivity contribution in [3.05, 3.63) is 29.8 Å². The van der Waals surface area contributed by atoms with E-state index in [2.05, 4.69) is 12.2 Å². The van der Waals surface area contributed by atoms with Crippen molar-refractivity contribution in [1.82, 2.24) is 10.2 Å². The van der Waals surface area contributed by atoms with Crippen molar-refractivity contribution in [2.75, 3.05) is 33.4 Å². The molecule has 0 saturated carbocycles. The van der Waals surface area contributed by atoms with E-state index in [0.29, 0.717) is 19.6 Å². The van der Waals surface area contributed by atoms with Crippen LogP contribution in [-0.4, -0.2) is 50.3 Å². The quantitative estimate of drug-likeness (QED) is 0.835. The Balaban J connectivity index is 2.00. The van der Waals surface area contributed by atoms with E-state index in [9.17, 15) is 4.79 Å². The van der Waals surface area contributed by atoms with E-state index in [1.807, 2.05) is 29.2 Å². The standard InChI is InChI=1S/C17H26N2O3/c1-3-9-19(13-14-6-4-5-7-16(14)21-2)17(20)11-15-12-18-8-10-22-15/h4-7,15,18H,3,8-13H2,1-2H3. The van der Waals surface area contributed by atoms with E-state index in [-0.39, 0.29) is 12.0 Å². The number of carbonyl (C=O) groups is 1. The summed E-state index contributed by atoms with van der Waals surface area (Å²) in [5, 5.41) is 3.26. The number of hydrogen-bond acceptors (Lipinski definition) is 4. The molecule has 1 unspecified atom stereocenters. The van der Waals surface area contributed by atoms with Crippen LogP contribution in [0.5, 0.6) is 5.75 Å². The molecule has 0 spiro atoms. The Kier molecular flexibility index (Phi) is 6.68. The predicted octanol–water partition coefficient (Wildman–Crippen LogP) is 1.81. The Bertz CT molecular complexity index is 473. The van der Waals surface area contributed by atoms with Crippen molar-refractivity contribution >= 4 is 5.91 Å². The van der Waals surface area contributed by atoms with Crippen molar-refractivity contribution in [2.45, 2.75) is 32.4 Å². The lowest BCUT2D eigenvalue weighted by molar-refractivity contribution is -0.135. The van der Waals surface area contributed by atoms with Crippen LogP contribution >= 0.6 is 0 Å². The Morgan fingerprint density at radius 1 is 1.45 bits per heavy atom. The van der Waals surface area contributed by atoms with Crippen molar-refractivity contribution in [2.24, 2.45) is 0 Å². The van der Waals surface area contributed by atoms with Gasteiger partial charge in [0, 0.05) is 31.7 Å². The van der Waals surface area contributed by atoms with Crippen LogP contribution < -0.4 is 10.1 Å². The fraction of sp³-hybridized carbons (Fsp3) is 0.588. The third-order valence-corrected chi connectivity index (χ3v) is 3.81. The average Bonchev–Trinajstić information content (AvgIpc) is 2.56. The van der Waals surface area contributed by atoms with Crippen LogP contribution in [0.2, 0.25) is 0 Å². The van der Waals surface area contributed by atoms with Gasteiger partial charge in [0.05, 0.1) is 26.2 Å². The van der Waals surface area contributed by atoms with Crippen LogP contribution in [-0.2, 0) is 16.1 Å². The van der Waals surface area contributed by atoms with Crippen LogP contribution in [0.15, 0.2) is 24.3 Å². The van der Waals surface area contributed by atoms with Gasteiger partial charge in [-0.1, -0.05) is 25.1 Å². The number of nitrogens with one attached hydrogen (secondary N) is 1. The van der Waals surface area contributed by atoms with Gasteiger partial charge in [-0.15, -0.1) is 0 Å². The molecule has 5 heteroatoms. The third kappa shape index (κ3) is 4.71. The molecule has 5 nitrogen and oxygen atoms in total. The third-order valence-electron chi connectivity index (χ3n) is 3.81. The van der Waals surface area contributed by atoms with Gasteiger partial charge in [0.25, 0.3) is 0 Å². The minimum Gasteiger partial charge on any atom is -0.496 e. The van der Waals surface area contributed by atoms with Gasteiger partial charge >= 0.3 is 0 Å². The Hall–Kier alpha value is -1.59. The molecule has 1 saturated heterocycles. The Morgan fingerprint density at radius 3 is 2.95 bits per heavy atom. The first-order valence-electron chi connectivity index (χ1n) is 7.96. The zero-order valence-electron chi connectivity index (χ0n) is 13.5. The van der Waals surface area contributed by atoms with Gasteiger partial charge in [0.15, 0.2) is 0 Å². The van der Waals surface area contributed by atoms with Crippen molar-refractivity contribution in [3.63, 3.8) is 0 Å². The second kappa shape index (κ2) is 8.76. The van der Waals surface area contributed by atoms with E-state index in [4.69, 9.17) is 9.47 Å². The molecule has 1 amide bonds. The van der Waals surface area contributed by atoms with Gasteiger partial charge in [-0.2, -0.15) is 0 Å². The molecule has 0 radical (unpaired) electrons. The molecule has 1 fully saturated rings. The topological polar surface area (TPSA) is 50.8 Å². The van der Waals surface area contributed by atoms with Gasteiger partial charge in [0.2, 0.25) is 5.91 Å². The number of hydrogen-bond donors (Lipinski definition) is 1. The molecule has 1 heterocycles. The Morgan fingerprint density at radius 2 is 2.27 bits per heavy atom.